The fraction of sp³-hybridized carbons (Fsp3) is 0.0526. The first-order valence-electron chi connectivity index (χ1n) is 7.61. The second-order valence-corrected chi connectivity index (χ2v) is 5.57. The van der Waals surface area contributed by atoms with Crippen molar-refractivity contribution < 1.29 is 9.21 Å². The van der Waals surface area contributed by atoms with E-state index in [9.17, 15) is 4.79 Å². The van der Waals surface area contributed by atoms with Crippen LogP contribution in [0, 0.1) is 6.92 Å². The van der Waals surface area contributed by atoms with Gasteiger partial charge in [-0.25, -0.2) is 4.98 Å². The molecular formula is C19H15N3O2. The highest BCUT2D eigenvalue weighted by atomic mass is 16.3. The number of carbonyl (C=O) groups excluding carboxylic acids is 1. The van der Waals surface area contributed by atoms with Gasteiger partial charge in [0.2, 0.25) is 0 Å². The fourth-order valence-corrected chi connectivity index (χ4v) is 2.59. The van der Waals surface area contributed by atoms with Crippen LogP contribution in [-0.2, 0) is 0 Å². The number of benzene rings is 2. The third-order valence-corrected chi connectivity index (χ3v) is 3.87. The predicted octanol–water partition coefficient (Wildman–Crippen LogP) is 4.38. The minimum Gasteiger partial charge on any atom is -0.459 e. The SMILES string of the molecule is Cc1ccoc1C(=O)Nc1ccc(-c2nc3ccccc3[nH]2)cc1. The third-order valence-electron chi connectivity index (χ3n) is 3.87. The lowest BCUT2D eigenvalue weighted by molar-refractivity contribution is 0.0996. The van der Waals surface area contributed by atoms with Crippen molar-refractivity contribution in [3.8, 4) is 11.4 Å². The first-order chi connectivity index (χ1) is 11.7. The van der Waals surface area contributed by atoms with Crippen LogP contribution in [0.2, 0.25) is 0 Å². The molecule has 2 aromatic carbocycles. The number of aromatic nitrogens is 2. The van der Waals surface area contributed by atoms with E-state index in [1.54, 1.807) is 6.07 Å². The number of hydrogen-bond donors (Lipinski definition) is 2. The van der Waals surface area contributed by atoms with Crippen molar-refractivity contribution in [1.82, 2.24) is 9.97 Å². The lowest BCUT2D eigenvalue weighted by Crippen LogP contribution is -2.11. The predicted molar refractivity (Wildman–Crippen MR) is 92.9 cm³/mol. The van der Waals surface area contributed by atoms with E-state index in [1.165, 1.54) is 6.26 Å². The molecule has 0 spiro atoms. The molecule has 2 aromatic heterocycles. The average molecular weight is 317 g/mol. The van der Waals surface area contributed by atoms with Crippen molar-refractivity contribution in [2.24, 2.45) is 0 Å². The van der Waals surface area contributed by atoms with Gasteiger partial charge in [-0.15, -0.1) is 0 Å². The van der Waals surface area contributed by atoms with Gasteiger partial charge in [0, 0.05) is 16.8 Å². The molecule has 2 heterocycles. The summed E-state index contributed by atoms with van der Waals surface area (Å²) in [5.41, 5.74) is 4.40. The number of anilines is 1. The van der Waals surface area contributed by atoms with Crippen LogP contribution in [0.5, 0.6) is 0 Å². The largest absolute Gasteiger partial charge is 0.459 e. The van der Waals surface area contributed by atoms with Crippen molar-refractivity contribution >= 4 is 22.6 Å². The molecular weight excluding hydrogens is 302 g/mol. The normalized spacial score (nSPS) is 10.9. The van der Waals surface area contributed by atoms with Crippen molar-refractivity contribution in [2.75, 3.05) is 5.32 Å². The van der Waals surface area contributed by atoms with E-state index in [0.717, 1.165) is 28.0 Å². The average Bonchev–Trinajstić information content (AvgIpc) is 3.21. The molecule has 4 rings (SSSR count). The summed E-state index contributed by atoms with van der Waals surface area (Å²) in [5, 5.41) is 2.83. The molecule has 24 heavy (non-hydrogen) atoms. The first kappa shape index (κ1) is 14.3. The maximum absolute atomic E-state index is 12.1. The molecule has 5 heteroatoms. The Bertz CT molecular complexity index is 979. The molecule has 0 aliphatic rings. The van der Waals surface area contributed by atoms with Crippen LogP contribution < -0.4 is 5.32 Å². The number of hydrogen-bond acceptors (Lipinski definition) is 3. The monoisotopic (exact) mass is 317 g/mol. The number of amides is 1. The number of aromatic amines is 1. The highest BCUT2D eigenvalue weighted by Crippen LogP contribution is 2.22. The summed E-state index contributed by atoms with van der Waals surface area (Å²) in [7, 11) is 0. The molecule has 5 nitrogen and oxygen atoms in total. The molecule has 118 valence electrons. The molecule has 0 atom stereocenters. The van der Waals surface area contributed by atoms with Crippen molar-refractivity contribution in [1.29, 1.82) is 0 Å². The maximum atomic E-state index is 12.1. The summed E-state index contributed by atoms with van der Waals surface area (Å²) in [5.74, 6) is 0.876. The Morgan fingerprint density at radius 3 is 2.58 bits per heavy atom. The van der Waals surface area contributed by atoms with E-state index in [-0.39, 0.29) is 5.91 Å². The van der Waals surface area contributed by atoms with Gasteiger partial charge in [0.05, 0.1) is 17.3 Å². The summed E-state index contributed by atoms with van der Waals surface area (Å²) in [6.07, 6.45) is 1.51. The molecule has 1 amide bonds. The Morgan fingerprint density at radius 1 is 1.08 bits per heavy atom. The van der Waals surface area contributed by atoms with Gasteiger partial charge in [-0.3, -0.25) is 4.79 Å². The van der Waals surface area contributed by atoms with Gasteiger partial charge in [0.1, 0.15) is 5.82 Å². The topological polar surface area (TPSA) is 70.9 Å². The molecule has 2 N–H and O–H groups in total. The Labute approximate surface area is 138 Å². The summed E-state index contributed by atoms with van der Waals surface area (Å²) in [6, 6.07) is 17.2. The standard InChI is InChI=1S/C19H15N3O2/c1-12-10-11-24-17(12)19(23)20-14-8-6-13(7-9-14)18-21-15-4-2-3-5-16(15)22-18/h2-11H,1H3,(H,20,23)(H,21,22). The molecule has 0 saturated carbocycles. The number of imidazole rings is 1. The number of rotatable bonds is 3. The maximum Gasteiger partial charge on any atom is 0.291 e. The number of nitrogens with one attached hydrogen (secondary N) is 2. The smallest absolute Gasteiger partial charge is 0.291 e. The number of furan rings is 1. The fourth-order valence-electron chi connectivity index (χ4n) is 2.59. The first-order valence-corrected chi connectivity index (χ1v) is 7.61. The van der Waals surface area contributed by atoms with Crippen LogP contribution in [0.25, 0.3) is 22.4 Å². The number of carbonyl (C=O) groups is 1. The van der Waals surface area contributed by atoms with Gasteiger partial charge in [-0.05, 0) is 49.4 Å². The molecule has 0 aliphatic heterocycles. The Hall–Kier alpha value is -3.34. The number of para-hydroxylation sites is 2. The summed E-state index contributed by atoms with van der Waals surface area (Å²) in [4.78, 5) is 20.0. The van der Waals surface area contributed by atoms with Crippen LogP contribution >= 0.6 is 0 Å². The van der Waals surface area contributed by atoms with E-state index in [2.05, 4.69) is 15.3 Å². The number of aryl methyl sites for hydroxylation is 1. The summed E-state index contributed by atoms with van der Waals surface area (Å²) in [6.45, 7) is 1.84. The summed E-state index contributed by atoms with van der Waals surface area (Å²) < 4.78 is 5.20. The molecule has 0 fully saturated rings. The van der Waals surface area contributed by atoms with Gasteiger partial charge in [0.15, 0.2) is 5.76 Å². The zero-order valence-electron chi connectivity index (χ0n) is 13.0. The Kier molecular flexibility index (Phi) is 3.39. The van der Waals surface area contributed by atoms with Gasteiger partial charge in [-0.1, -0.05) is 12.1 Å². The third kappa shape index (κ3) is 2.56. The van der Waals surface area contributed by atoms with Crippen molar-refractivity contribution in [3.05, 3.63) is 72.2 Å². The van der Waals surface area contributed by atoms with Crippen molar-refractivity contribution in [3.63, 3.8) is 0 Å². The summed E-state index contributed by atoms with van der Waals surface area (Å²) >= 11 is 0. The van der Waals surface area contributed by atoms with Crippen LogP contribution in [-0.4, -0.2) is 15.9 Å². The van der Waals surface area contributed by atoms with E-state index in [1.807, 2.05) is 55.5 Å². The Morgan fingerprint density at radius 2 is 1.88 bits per heavy atom. The van der Waals surface area contributed by atoms with E-state index in [0.29, 0.717) is 11.4 Å². The quantitative estimate of drug-likeness (QED) is 0.589. The number of H-pyrrole nitrogens is 1. The van der Waals surface area contributed by atoms with E-state index >= 15 is 0 Å². The number of fused-ring (bicyclic) bond motifs is 1. The molecule has 0 saturated heterocycles. The van der Waals surface area contributed by atoms with Crippen LogP contribution in [0.1, 0.15) is 16.1 Å². The van der Waals surface area contributed by atoms with E-state index in [4.69, 9.17) is 4.42 Å². The van der Waals surface area contributed by atoms with Crippen LogP contribution in [0.3, 0.4) is 0 Å². The lowest BCUT2D eigenvalue weighted by atomic mass is 10.2. The van der Waals surface area contributed by atoms with Crippen LogP contribution in [0.4, 0.5) is 5.69 Å². The molecule has 0 bridgehead atoms. The minimum absolute atomic E-state index is 0.256. The number of nitrogens with zero attached hydrogens (tertiary/aromatic N) is 1. The van der Waals surface area contributed by atoms with Gasteiger partial charge < -0.3 is 14.7 Å². The zero-order valence-corrected chi connectivity index (χ0v) is 13.0. The van der Waals surface area contributed by atoms with Crippen molar-refractivity contribution in [2.45, 2.75) is 6.92 Å². The van der Waals surface area contributed by atoms with Gasteiger partial charge in [-0.2, -0.15) is 0 Å². The highest BCUT2D eigenvalue weighted by Gasteiger charge is 2.13. The zero-order chi connectivity index (χ0) is 16.5. The molecule has 0 unspecified atom stereocenters. The minimum atomic E-state index is -0.256. The second kappa shape index (κ2) is 5.70. The highest BCUT2D eigenvalue weighted by molar-refractivity contribution is 6.03. The second-order valence-electron chi connectivity index (χ2n) is 5.57. The van der Waals surface area contributed by atoms with Crippen LogP contribution in [0.15, 0.2) is 65.3 Å². The lowest BCUT2D eigenvalue weighted by Gasteiger charge is -2.05. The Balaban J connectivity index is 1.56. The molecule has 0 radical (unpaired) electrons. The molecule has 0 aliphatic carbocycles. The van der Waals surface area contributed by atoms with E-state index < -0.39 is 0 Å². The van der Waals surface area contributed by atoms with Gasteiger partial charge in [0.25, 0.3) is 5.91 Å². The van der Waals surface area contributed by atoms with Gasteiger partial charge >= 0.3 is 0 Å². The molecule has 4 aromatic rings.